The third kappa shape index (κ3) is 3.87. The van der Waals surface area contributed by atoms with Crippen LogP contribution >= 0.6 is 11.6 Å². The van der Waals surface area contributed by atoms with Crippen molar-refractivity contribution in [1.29, 1.82) is 0 Å². The number of halogens is 1. The summed E-state index contributed by atoms with van der Waals surface area (Å²) in [7, 11) is 0. The van der Waals surface area contributed by atoms with E-state index in [-0.39, 0.29) is 5.91 Å². The van der Waals surface area contributed by atoms with Gasteiger partial charge < -0.3 is 11.1 Å². The molecule has 2 fully saturated rings. The zero-order valence-corrected chi connectivity index (χ0v) is 12.8. The number of hydrogen-bond acceptors (Lipinski definition) is 4. The van der Waals surface area contributed by atoms with Gasteiger partial charge in [-0.2, -0.15) is 0 Å². The number of carbonyl (C=O) groups is 1. The number of rotatable bonds is 4. The molecule has 1 saturated carbocycles. The second kappa shape index (κ2) is 6.22. The summed E-state index contributed by atoms with van der Waals surface area (Å²) in [6.07, 6.45) is 2.69. The topological polar surface area (TPSA) is 61.6 Å². The molecule has 1 aromatic carbocycles. The molecule has 1 amide bonds. The molecule has 0 unspecified atom stereocenters. The number of nitrogens with two attached hydrogens (primary N) is 1. The van der Waals surface area contributed by atoms with Crippen molar-refractivity contribution in [2.45, 2.75) is 18.9 Å². The Labute approximate surface area is 130 Å². The van der Waals surface area contributed by atoms with Gasteiger partial charge in [-0.15, -0.1) is 0 Å². The quantitative estimate of drug-likeness (QED) is 0.830. The van der Waals surface area contributed by atoms with E-state index in [2.05, 4.69) is 15.1 Å². The monoisotopic (exact) mass is 308 g/mol. The van der Waals surface area contributed by atoms with Crippen LogP contribution in [0.15, 0.2) is 18.2 Å². The Balaban J connectivity index is 1.47. The minimum Gasteiger partial charge on any atom is -0.397 e. The van der Waals surface area contributed by atoms with Crippen molar-refractivity contribution in [2.75, 3.05) is 43.8 Å². The Bertz CT molecular complexity index is 524. The molecule has 0 aromatic heterocycles. The number of nitrogens with one attached hydrogen (secondary N) is 1. The van der Waals surface area contributed by atoms with Crippen molar-refractivity contribution in [3.63, 3.8) is 0 Å². The fourth-order valence-electron chi connectivity index (χ4n) is 2.77. The van der Waals surface area contributed by atoms with Crippen LogP contribution in [0.25, 0.3) is 0 Å². The zero-order valence-electron chi connectivity index (χ0n) is 12.0. The van der Waals surface area contributed by atoms with Crippen LogP contribution in [0.2, 0.25) is 5.02 Å². The van der Waals surface area contributed by atoms with Gasteiger partial charge in [-0.1, -0.05) is 11.6 Å². The first-order valence-electron chi connectivity index (χ1n) is 7.43. The second-order valence-corrected chi connectivity index (χ2v) is 6.26. The number of nitrogen functional groups attached to an aromatic ring is 1. The zero-order chi connectivity index (χ0) is 14.8. The molecule has 1 saturated heterocycles. The number of piperazine rings is 1. The van der Waals surface area contributed by atoms with Gasteiger partial charge in [-0.25, -0.2) is 0 Å². The molecule has 3 N–H and O–H groups in total. The van der Waals surface area contributed by atoms with Crippen LogP contribution in [-0.4, -0.2) is 54.5 Å². The van der Waals surface area contributed by atoms with E-state index in [0.29, 0.717) is 22.9 Å². The van der Waals surface area contributed by atoms with Gasteiger partial charge in [-0.3, -0.25) is 14.6 Å². The molecule has 2 aliphatic rings. The molecule has 1 aliphatic carbocycles. The first-order valence-corrected chi connectivity index (χ1v) is 7.81. The third-order valence-corrected chi connectivity index (χ3v) is 4.36. The van der Waals surface area contributed by atoms with Gasteiger partial charge in [0.2, 0.25) is 5.91 Å². The molecular formula is C15H21ClN4O. The summed E-state index contributed by atoms with van der Waals surface area (Å²) in [4.78, 5) is 16.8. The highest BCUT2D eigenvalue weighted by Crippen LogP contribution is 2.27. The third-order valence-electron chi connectivity index (χ3n) is 4.13. The number of benzene rings is 1. The summed E-state index contributed by atoms with van der Waals surface area (Å²) < 4.78 is 0. The smallest absolute Gasteiger partial charge is 0.238 e. The van der Waals surface area contributed by atoms with Crippen LogP contribution in [0.5, 0.6) is 0 Å². The lowest BCUT2D eigenvalue weighted by molar-refractivity contribution is -0.117. The van der Waals surface area contributed by atoms with E-state index in [1.165, 1.54) is 12.8 Å². The van der Waals surface area contributed by atoms with Gasteiger partial charge in [0.1, 0.15) is 0 Å². The lowest BCUT2D eigenvalue weighted by Gasteiger charge is -2.34. The van der Waals surface area contributed by atoms with E-state index >= 15 is 0 Å². The van der Waals surface area contributed by atoms with E-state index in [9.17, 15) is 4.79 Å². The second-order valence-electron chi connectivity index (χ2n) is 5.82. The minimum atomic E-state index is -0.0242. The summed E-state index contributed by atoms with van der Waals surface area (Å²) in [5.74, 6) is -0.0242. The highest BCUT2D eigenvalue weighted by Gasteiger charge is 2.31. The largest absolute Gasteiger partial charge is 0.397 e. The average Bonchev–Trinajstić information content (AvgIpc) is 3.27. The molecule has 5 nitrogen and oxygen atoms in total. The van der Waals surface area contributed by atoms with E-state index < -0.39 is 0 Å². The fourth-order valence-corrected chi connectivity index (χ4v) is 2.95. The molecular weight excluding hydrogens is 288 g/mol. The summed E-state index contributed by atoms with van der Waals surface area (Å²) in [6, 6.07) is 5.92. The Morgan fingerprint density at radius 1 is 1.29 bits per heavy atom. The first kappa shape index (κ1) is 14.6. The summed E-state index contributed by atoms with van der Waals surface area (Å²) in [5.41, 5.74) is 6.96. The van der Waals surface area contributed by atoms with Gasteiger partial charge in [0.05, 0.1) is 17.9 Å². The molecule has 114 valence electrons. The number of amides is 1. The van der Waals surface area contributed by atoms with Crippen molar-refractivity contribution >= 4 is 28.9 Å². The van der Waals surface area contributed by atoms with Crippen LogP contribution < -0.4 is 11.1 Å². The molecule has 1 heterocycles. The number of nitrogens with zero attached hydrogens (tertiary/aromatic N) is 2. The SMILES string of the molecule is Nc1cc(Cl)ccc1NC(=O)CN1CCN(C2CC2)CC1. The molecule has 21 heavy (non-hydrogen) atoms. The fraction of sp³-hybridized carbons (Fsp3) is 0.533. The van der Waals surface area contributed by atoms with Gasteiger partial charge in [0, 0.05) is 37.2 Å². The molecule has 0 bridgehead atoms. The van der Waals surface area contributed by atoms with Crippen molar-refractivity contribution in [2.24, 2.45) is 0 Å². The van der Waals surface area contributed by atoms with Crippen LogP contribution in [0.3, 0.4) is 0 Å². The molecule has 1 aromatic rings. The van der Waals surface area contributed by atoms with Gasteiger partial charge >= 0.3 is 0 Å². The Morgan fingerprint density at radius 3 is 2.62 bits per heavy atom. The van der Waals surface area contributed by atoms with Crippen molar-refractivity contribution in [3.05, 3.63) is 23.2 Å². The van der Waals surface area contributed by atoms with Crippen LogP contribution in [0.4, 0.5) is 11.4 Å². The van der Waals surface area contributed by atoms with Crippen LogP contribution in [0.1, 0.15) is 12.8 Å². The molecule has 0 atom stereocenters. The van der Waals surface area contributed by atoms with E-state index in [1.54, 1.807) is 18.2 Å². The lowest BCUT2D eigenvalue weighted by Crippen LogP contribution is -2.49. The highest BCUT2D eigenvalue weighted by atomic mass is 35.5. The van der Waals surface area contributed by atoms with E-state index in [0.717, 1.165) is 32.2 Å². The maximum atomic E-state index is 12.1. The Morgan fingerprint density at radius 2 is 2.00 bits per heavy atom. The van der Waals surface area contributed by atoms with Crippen molar-refractivity contribution in [1.82, 2.24) is 9.80 Å². The predicted octanol–water partition coefficient (Wildman–Crippen LogP) is 1.64. The maximum absolute atomic E-state index is 12.1. The highest BCUT2D eigenvalue weighted by molar-refractivity contribution is 6.31. The van der Waals surface area contributed by atoms with E-state index in [4.69, 9.17) is 17.3 Å². The van der Waals surface area contributed by atoms with Gasteiger partial charge in [0.15, 0.2) is 0 Å². The standard InChI is InChI=1S/C15H21ClN4O/c16-11-1-4-14(13(17)9-11)18-15(21)10-19-5-7-20(8-6-19)12-2-3-12/h1,4,9,12H,2-3,5-8,10,17H2,(H,18,21). The Hall–Kier alpha value is -1.30. The number of carbonyl (C=O) groups excluding carboxylic acids is 1. The molecule has 1 aliphatic heterocycles. The van der Waals surface area contributed by atoms with Gasteiger partial charge in [0.25, 0.3) is 0 Å². The van der Waals surface area contributed by atoms with E-state index in [1.807, 2.05) is 0 Å². The Kier molecular flexibility index (Phi) is 4.33. The first-order chi connectivity index (χ1) is 10.1. The maximum Gasteiger partial charge on any atom is 0.238 e. The van der Waals surface area contributed by atoms with Gasteiger partial charge in [-0.05, 0) is 31.0 Å². The van der Waals surface area contributed by atoms with Crippen molar-refractivity contribution in [3.8, 4) is 0 Å². The van der Waals surface area contributed by atoms with Crippen LogP contribution in [0, 0.1) is 0 Å². The molecule has 3 rings (SSSR count). The number of hydrogen-bond donors (Lipinski definition) is 2. The van der Waals surface area contributed by atoms with Crippen molar-refractivity contribution < 1.29 is 4.79 Å². The lowest BCUT2D eigenvalue weighted by atomic mass is 10.2. The van der Waals surface area contributed by atoms with Crippen LogP contribution in [-0.2, 0) is 4.79 Å². The molecule has 0 spiro atoms. The summed E-state index contributed by atoms with van der Waals surface area (Å²) in [6.45, 7) is 4.47. The minimum absolute atomic E-state index is 0.0242. The molecule has 0 radical (unpaired) electrons. The molecule has 6 heteroatoms. The number of anilines is 2. The average molecular weight is 309 g/mol. The predicted molar refractivity (Wildman–Crippen MR) is 85.5 cm³/mol. The normalized spacial score (nSPS) is 20.4. The summed E-state index contributed by atoms with van der Waals surface area (Å²) >= 11 is 5.85. The summed E-state index contributed by atoms with van der Waals surface area (Å²) in [5, 5.41) is 3.42.